The van der Waals surface area contributed by atoms with Crippen molar-refractivity contribution in [2.45, 2.75) is 24.9 Å². The van der Waals surface area contributed by atoms with Crippen molar-refractivity contribution in [3.05, 3.63) is 54.0 Å². The average Bonchev–Trinajstić information content (AvgIpc) is 3.07. The lowest BCUT2D eigenvalue weighted by Crippen LogP contribution is -2.35. The number of nitrogens with zero attached hydrogens (tertiary/aromatic N) is 2. The van der Waals surface area contributed by atoms with Crippen LogP contribution in [0, 0.1) is 0 Å². The quantitative estimate of drug-likeness (QED) is 0.851. The number of aromatic nitrogens is 1. The van der Waals surface area contributed by atoms with Gasteiger partial charge in [-0.1, -0.05) is 17.7 Å². The topological polar surface area (TPSA) is 75.4 Å². The zero-order chi connectivity index (χ0) is 16.3. The van der Waals surface area contributed by atoms with Crippen molar-refractivity contribution < 1.29 is 12.8 Å². The van der Waals surface area contributed by atoms with Crippen LogP contribution in [0.3, 0.4) is 0 Å². The van der Waals surface area contributed by atoms with Gasteiger partial charge in [0.05, 0.1) is 12.8 Å². The zero-order valence-corrected chi connectivity index (χ0v) is 13.7. The molecule has 0 saturated heterocycles. The first kappa shape index (κ1) is 15.8. The minimum atomic E-state index is -3.57. The number of nitrogens with one attached hydrogen (secondary N) is 1. The molecule has 0 radical (unpaired) electrons. The summed E-state index contributed by atoms with van der Waals surface area (Å²) in [6.45, 7) is 3.31. The van der Waals surface area contributed by atoms with Gasteiger partial charge in [-0.05, 0) is 37.6 Å². The maximum absolute atomic E-state index is 12.7. The van der Waals surface area contributed by atoms with Crippen molar-refractivity contribution in [1.29, 1.82) is 0 Å². The molecule has 3 rings (SSSR count). The number of pyridine rings is 1. The number of rotatable bonds is 5. The Morgan fingerprint density at radius 3 is 2.91 bits per heavy atom. The molecule has 0 amide bonds. The van der Waals surface area contributed by atoms with Gasteiger partial charge in [-0.2, -0.15) is 4.31 Å². The van der Waals surface area contributed by atoms with Gasteiger partial charge in [0.15, 0.2) is 5.03 Å². The molecular weight excluding hydrogens is 314 g/mol. The van der Waals surface area contributed by atoms with Gasteiger partial charge in [0.2, 0.25) is 0 Å². The molecular formula is C16H19N3O3S. The van der Waals surface area contributed by atoms with Crippen LogP contribution < -0.4 is 5.32 Å². The van der Waals surface area contributed by atoms with E-state index in [1.165, 1.54) is 10.4 Å². The molecule has 2 aromatic heterocycles. The van der Waals surface area contributed by atoms with E-state index in [4.69, 9.17) is 4.42 Å². The fourth-order valence-corrected chi connectivity index (χ4v) is 3.91. The van der Waals surface area contributed by atoms with Gasteiger partial charge in [-0.15, -0.1) is 0 Å². The standard InChI is InChI=1S/C16H19N3O3S/c1-13-5-3-9-19(12-13)23(20,21)16-8-2-7-15(18-16)17-11-14-6-4-10-22-14/h2,4-8,10H,3,9,11-12H2,1H3,(H,17,18). The Balaban J connectivity index is 1.77. The molecule has 0 aliphatic carbocycles. The maximum Gasteiger partial charge on any atom is 0.260 e. The van der Waals surface area contributed by atoms with Crippen LogP contribution in [0.2, 0.25) is 0 Å². The van der Waals surface area contributed by atoms with E-state index in [1.807, 2.05) is 13.0 Å². The average molecular weight is 333 g/mol. The molecule has 0 saturated carbocycles. The van der Waals surface area contributed by atoms with Crippen molar-refractivity contribution >= 4 is 15.8 Å². The smallest absolute Gasteiger partial charge is 0.260 e. The summed E-state index contributed by atoms with van der Waals surface area (Å²) in [5.74, 6) is 1.27. The number of sulfonamides is 1. The van der Waals surface area contributed by atoms with Crippen LogP contribution in [0.5, 0.6) is 0 Å². The summed E-state index contributed by atoms with van der Waals surface area (Å²) in [6.07, 6.45) is 4.40. The molecule has 0 aromatic carbocycles. The van der Waals surface area contributed by atoms with Gasteiger partial charge in [-0.25, -0.2) is 13.4 Å². The lowest BCUT2D eigenvalue weighted by atomic mass is 10.2. The van der Waals surface area contributed by atoms with Crippen molar-refractivity contribution in [1.82, 2.24) is 9.29 Å². The van der Waals surface area contributed by atoms with Gasteiger partial charge in [0.1, 0.15) is 11.6 Å². The van der Waals surface area contributed by atoms with Crippen LogP contribution in [-0.2, 0) is 16.6 Å². The Kier molecular flexibility index (Phi) is 4.49. The third-order valence-corrected chi connectivity index (χ3v) is 5.40. The van der Waals surface area contributed by atoms with Crippen LogP contribution in [0.15, 0.2) is 57.7 Å². The van der Waals surface area contributed by atoms with Crippen LogP contribution in [0.1, 0.15) is 19.1 Å². The van der Waals surface area contributed by atoms with Crippen molar-refractivity contribution in [3.8, 4) is 0 Å². The third kappa shape index (κ3) is 3.62. The van der Waals surface area contributed by atoms with Crippen molar-refractivity contribution in [2.75, 3.05) is 18.4 Å². The molecule has 1 N–H and O–H groups in total. The number of furan rings is 1. The summed E-state index contributed by atoms with van der Waals surface area (Å²) < 4.78 is 32.1. The van der Waals surface area contributed by atoms with E-state index < -0.39 is 10.0 Å². The first-order valence-corrected chi connectivity index (χ1v) is 8.89. The molecule has 122 valence electrons. The number of anilines is 1. The second-order valence-corrected chi connectivity index (χ2v) is 7.36. The van der Waals surface area contributed by atoms with E-state index in [1.54, 1.807) is 24.5 Å². The molecule has 23 heavy (non-hydrogen) atoms. The SMILES string of the molecule is CC1=CCCN(S(=O)(=O)c2cccc(NCc3ccco3)n2)C1. The van der Waals surface area contributed by atoms with Crippen LogP contribution >= 0.6 is 0 Å². The lowest BCUT2D eigenvalue weighted by Gasteiger charge is -2.25. The molecule has 6 nitrogen and oxygen atoms in total. The number of hydrogen-bond acceptors (Lipinski definition) is 5. The van der Waals surface area contributed by atoms with Crippen LogP contribution in [-0.4, -0.2) is 30.8 Å². The molecule has 2 aromatic rings. The van der Waals surface area contributed by atoms with Gasteiger partial charge in [-0.3, -0.25) is 0 Å². The summed E-state index contributed by atoms with van der Waals surface area (Å²) in [5, 5.41) is 3.14. The molecule has 0 unspecified atom stereocenters. The highest BCUT2D eigenvalue weighted by atomic mass is 32.2. The second-order valence-electron chi connectivity index (χ2n) is 5.47. The Morgan fingerprint density at radius 1 is 1.30 bits per heavy atom. The summed E-state index contributed by atoms with van der Waals surface area (Å²) in [4.78, 5) is 4.24. The highest BCUT2D eigenvalue weighted by molar-refractivity contribution is 7.89. The second kappa shape index (κ2) is 6.55. The predicted octanol–water partition coefficient (Wildman–Crippen LogP) is 2.63. The zero-order valence-electron chi connectivity index (χ0n) is 12.9. The van der Waals surface area contributed by atoms with Gasteiger partial charge in [0, 0.05) is 13.1 Å². The fraction of sp³-hybridized carbons (Fsp3) is 0.312. The molecule has 1 aliphatic rings. The van der Waals surface area contributed by atoms with E-state index in [9.17, 15) is 8.42 Å². The molecule has 0 spiro atoms. The van der Waals surface area contributed by atoms with Crippen LogP contribution in [0.25, 0.3) is 0 Å². The van der Waals surface area contributed by atoms with Gasteiger partial charge in [0.25, 0.3) is 10.0 Å². The Labute approximate surface area is 135 Å². The van der Waals surface area contributed by atoms with Crippen molar-refractivity contribution in [2.24, 2.45) is 0 Å². The Bertz CT molecular complexity index is 798. The van der Waals surface area contributed by atoms with E-state index in [-0.39, 0.29) is 5.03 Å². The molecule has 0 atom stereocenters. The Morgan fingerprint density at radius 2 is 2.17 bits per heavy atom. The van der Waals surface area contributed by atoms with E-state index in [0.717, 1.165) is 17.8 Å². The summed E-state index contributed by atoms with van der Waals surface area (Å²) in [7, 11) is -3.57. The highest BCUT2D eigenvalue weighted by Gasteiger charge is 2.27. The normalized spacial score (nSPS) is 16.1. The first-order chi connectivity index (χ1) is 11.1. The van der Waals surface area contributed by atoms with E-state index >= 15 is 0 Å². The minimum Gasteiger partial charge on any atom is -0.467 e. The molecule has 0 bridgehead atoms. The summed E-state index contributed by atoms with van der Waals surface area (Å²) in [6, 6.07) is 8.61. The molecule has 3 heterocycles. The minimum absolute atomic E-state index is 0.0663. The third-order valence-electron chi connectivity index (χ3n) is 3.65. The molecule has 1 aliphatic heterocycles. The van der Waals surface area contributed by atoms with Gasteiger partial charge >= 0.3 is 0 Å². The summed E-state index contributed by atoms with van der Waals surface area (Å²) in [5.41, 5.74) is 1.06. The summed E-state index contributed by atoms with van der Waals surface area (Å²) >= 11 is 0. The predicted molar refractivity (Wildman–Crippen MR) is 87.4 cm³/mol. The van der Waals surface area contributed by atoms with Gasteiger partial charge < -0.3 is 9.73 Å². The molecule has 0 fully saturated rings. The highest BCUT2D eigenvalue weighted by Crippen LogP contribution is 2.20. The van der Waals surface area contributed by atoms with E-state index in [2.05, 4.69) is 16.4 Å². The Hall–Kier alpha value is -2.12. The lowest BCUT2D eigenvalue weighted by molar-refractivity contribution is 0.426. The first-order valence-electron chi connectivity index (χ1n) is 7.45. The maximum atomic E-state index is 12.7. The number of hydrogen-bond donors (Lipinski definition) is 1. The molecule has 7 heteroatoms. The fourth-order valence-electron chi connectivity index (χ4n) is 2.46. The van der Waals surface area contributed by atoms with E-state index in [0.29, 0.717) is 25.5 Å². The van der Waals surface area contributed by atoms with Crippen molar-refractivity contribution in [3.63, 3.8) is 0 Å². The monoisotopic (exact) mass is 333 g/mol. The van der Waals surface area contributed by atoms with Crippen LogP contribution in [0.4, 0.5) is 5.82 Å². The largest absolute Gasteiger partial charge is 0.467 e.